The fourth-order valence-electron chi connectivity index (χ4n) is 1.25. The lowest BCUT2D eigenvalue weighted by atomic mass is 10.2. The van der Waals surface area contributed by atoms with E-state index >= 15 is 0 Å². The number of para-hydroxylation sites is 1. The van der Waals surface area contributed by atoms with Crippen molar-refractivity contribution in [2.45, 2.75) is 6.92 Å². The van der Waals surface area contributed by atoms with Crippen molar-refractivity contribution in [1.29, 1.82) is 0 Å². The number of fused-ring (bicyclic) bond motifs is 1. The highest BCUT2D eigenvalue weighted by atomic mass is 35.5. The molecule has 0 amide bonds. The van der Waals surface area contributed by atoms with Crippen molar-refractivity contribution in [1.82, 2.24) is 4.98 Å². The van der Waals surface area contributed by atoms with Gasteiger partial charge in [-0.2, -0.15) is 0 Å². The second-order valence-corrected chi connectivity index (χ2v) is 3.68. The van der Waals surface area contributed by atoms with Gasteiger partial charge in [-0.15, -0.1) is 0 Å². The van der Waals surface area contributed by atoms with Crippen molar-refractivity contribution < 1.29 is 0 Å². The van der Waals surface area contributed by atoms with E-state index < -0.39 is 0 Å². The summed E-state index contributed by atoms with van der Waals surface area (Å²) in [4.78, 5) is 4.22. The molecule has 0 aliphatic heterocycles. The van der Waals surface area contributed by atoms with E-state index in [9.17, 15) is 0 Å². The summed E-state index contributed by atoms with van der Waals surface area (Å²) in [6.45, 7) is 1.93. The molecule has 13 heavy (non-hydrogen) atoms. The number of benzene rings is 1. The maximum atomic E-state index is 6.10. The molecule has 0 fully saturated rings. The van der Waals surface area contributed by atoms with Gasteiger partial charge in [0.1, 0.15) is 0 Å². The second-order valence-electron chi connectivity index (χ2n) is 2.89. The number of aryl methyl sites for hydroxylation is 1. The summed E-state index contributed by atoms with van der Waals surface area (Å²) in [5.41, 5.74) is 1.73. The molecular weight excluding hydrogens is 205 g/mol. The predicted molar refractivity (Wildman–Crippen MR) is 56.5 cm³/mol. The summed E-state index contributed by atoms with van der Waals surface area (Å²) < 4.78 is 0. The molecule has 2 aromatic rings. The Balaban J connectivity index is 2.94. The van der Waals surface area contributed by atoms with Gasteiger partial charge < -0.3 is 0 Å². The molecule has 1 nitrogen and oxygen atoms in total. The van der Waals surface area contributed by atoms with Crippen LogP contribution in [0.1, 0.15) is 5.56 Å². The van der Waals surface area contributed by atoms with Gasteiger partial charge in [0.25, 0.3) is 0 Å². The van der Waals surface area contributed by atoms with Gasteiger partial charge in [0.2, 0.25) is 0 Å². The first-order valence-corrected chi connectivity index (χ1v) is 4.65. The molecule has 0 saturated heterocycles. The molecule has 0 N–H and O–H groups in total. The number of hydrogen-bond acceptors (Lipinski definition) is 1. The number of aromatic nitrogens is 1. The van der Waals surface area contributed by atoms with Crippen LogP contribution in [0.3, 0.4) is 0 Å². The van der Waals surface area contributed by atoms with Crippen LogP contribution in [0.15, 0.2) is 24.4 Å². The van der Waals surface area contributed by atoms with Gasteiger partial charge in [-0.3, -0.25) is 4.98 Å². The number of halogens is 2. The van der Waals surface area contributed by atoms with Crippen molar-refractivity contribution in [3.63, 3.8) is 0 Å². The first kappa shape index (κ1) is 8.79. The number of rotatable bonds is 0. The third-order valence-electron chi connectivity index (χ3n) is 1.96. The Bertz CT molecular complexity index is 466. The highest BCUT2D eigenvalue weighted by Crippen LogP contribution is 2.28. The van der Waals surface area contributed by atoms with Gasteiger partial charge in [0.05, 0.1) is 15.6 Å². The lowest BCUT2D eigenvalue weighted by Gasteiger charge is -2.03. The third kappa shape index (κ3) is 1.38. The highest BCUT2D eigenvalue weighted by molar-refractivity contribution is 6.39. The average Bonchev–Trinajstić information content (AvgIpc) is 2.12. The van der Waals surface area contributed by atoms with Crippen molar-refractivity contribution in [3.8, 4) is 0 Å². The zero-order chi connectivity index (χ0) is 9.42. The summed E-state index contributed by atoms with van der Waals surface area (Å²) in [5, 5.41) is 2.28. The Morgan fingerprint density at radius 2 is 2.00 bits per heavy atom. The highest BCUT2D eigenvalue weighted by Gasteiger charge is 2.05. The maximum absolute atomic E-state index is 6.10. The zero-order valence-corrected chi connectivity index (χ0v) is 8.52. The number of pyridine rings is 1. The molecule has 0 unspecified atom stereocenters. The second kappa shape index (κ2) is 3.17. The minimum Gasteiger partial charge on any atom is -0.254 e. The first-order chi connectivity index (χ1) is 6.20. The fraction of sp³-hybridized carbons (Fsp3) is 0.100. The van der Waals surface area contributed by atoms with Gasteiger partial charge in [-0.25, -0.2) is 0 Å². The largest absolute Gasteiger partial charge is 0.254 e. The van der Waals surface area contributed by atoms with Gasteiger partial charge in [0, 0.05) is 11.6 Å². The molecular formula is C10H7Cl2N. The van der Waals surface area contributed by atoms with Crippen LogP contribution in [-0.2, 0) is 0 Å². The summed E-state index contributed by atoms with van der Waals surface area (Å²) in [6.07, 6.45) is 1.73. The van der Waals surface area contributed by atoms with Crippen LogP contribution in [0.2, 0.25) is 10.0 Å². The Morgan fingerprint density at radius 1 is 1.23 bits per heavy atom. The molecule has 0 aliphatic carbocycles. The van der Waals surface area contributed by atoms with E-state index in [2.05, 4.69) is 4.98 Å². The maximum Gasteiger partial charge on any atom is 0.0903 e. The van der Waals surface area contributed by atoms with Crippen LogP contribution >= 0.6 is 23.2 Å². The Morgan fingerprint density at radius 3 is 2.77 bits per heavy atom. The number of nitrogens with zero attached hydrogens (tertiary/aromatic N) is 1. The van der Waals surface area contributed by atoms with Crippen LogP contribution in [-0.4, -0.2) is 4.98 Å². The first-order valence-electron chi connectivity index (χ1n) is 3.89. The van der Waals surface area contributed by atoms with Crippen molar-refractivity contribution in [2.75, 3.05) is 0 Å². The summed E-state index contributed by atoms with van der Waals surface area (Å²) in [7, 11) is 0. The minimum absolute atomic E-state index is 0.638. The lowest BCUT2D eigenvalue weighted by molar-refractivity contribution is 1.33. The van der Waals surface area contributed by atoms with Gasteiger partial charge >= 0.3 is 0 Å². The van der Waals surface area contributed by atoms with E-state index in [0.29, 0.717) is 5.02 Å². The van der Waals surface area contributed by atoms with E-state index in [1.54, 1.807) is 6.20 Å². The topological polar surface area (TPSA) is 12.9 Å². The lowest BCUT2D eigenvalue weighted by Crippen LogP contribution is -1.84. The fourth-order valence-corrected chi connectivity index (χ4v) is 1.68. The molecule has 66 valence electrons. The summed E-state index contributed by atoms with van der Waals surface area (Å²) in [5.74, 6) is 0. The van der Waals surface area contributed by atoms with Crippen molar-refractivity contribution >= 4 is 34.1 Å². The van der Waals surface area contributed by atoms with Crippen molar-refractivity contribution in [3.05, 3.63) is 40.0 Å². The van der Waals surface area contributed by atoms with E-state index in [4.69, 9.17) is 23.2 Å². The number of hydrogen-bond donors (Lipinski definition) is 0. The van der Waals surface area contributed by atoms with Gasteiger partial charge in [-0.1, -0.05) is 35.3 Å². The van der Waals surface area contributed by atoms with Gasteiger partial charge in [0.15, 0.2) is 0 Å². The molecule has 1 aromatic carbocycles. The van der Waals surface area contributed by atoms with Crippen molar-refractivity contribution in [2.24, 2.45) is 0 Å². The molecule has 0 saturated carbocycles. The molecule has 3 heteroatoms. The molecule has 2 rings (SSSR count). The Hall–Kier alpha value is -0.790. The van der Waals surface area contributed by atoms with E-state index in [1.165, 1.54) is 0 Å². The molecule has 0 aliphatic rings. The molecule has 0 radical (unpaired) electrons. The quantitative estimate of drug-likeness (QED) is 0.646. The SMILES string of the molecule is Cc1cnc2c(Cl)cccc2c1Cl. The van der Waals surface area contributed by atoms with Crippen LogP contribution in [0.5, 0.6) is 0 Å². The molecule has 1 aromatic heterocycles. The summed E-state index contributed by atoms with van der Waals surface area (Å²) >= 11 is 12.1. The smallest absolute Gasteiger partial charge is 0.0903 e. The third-order valence-corrected chi connectivity index (χ3v) is 2.76. The molecule has 0 spiro atoms. The average molecular weight is 212 g/mol. The summed E-state index contributed by atoms with van der Waals surface area (Å²) in [6, 6.07) is 5.60. The molecule has 1 heterocycles. The van der Waals surface area contributed by atoms with Gasteiger partial charge in [-0.05, 0) is 18.6 Å². The van der Waals surface area contributed by atoms with E-state index in [-0.39, 0.29) is 0 Å². The standard InChI is InChI=1S/C10H7Cl2N/c1-6-5-13-10-7(9(6)12)3-2-4-8(10)11/h2-5H,1H3. The molecule has 0 bridgehead atoms. The minimum atomic E-state index is 0.638. The van der Waals surface area contributed by atoms with E-state index in [1.807, 2.05) is 25.1 Å². The van der Waals surface area contributed by atoms with Crippen LogP contribution < -0.4 is 0 Å². The Kier molecular flexibility index (Phi) is 2.14. The molecule has 0 atom stereocenters. The Labute approximate surface area is 86.3 Å². The normalized spacial score (nSPS) is 10.7. The van der Waals surface area contributed by atoms with Crippen LogP contribution in [0.4, 0.5) is 0 Å². The van der Waals surface area contributed by atoms with Crippen LogP contribution in [0, 0.1) is 6.92 Å². The predicted octanol–water partition coefficient (Wildman–Crippen LogP) is 3.85. The van der Waals surface area contributed by atoms with Crippen LogP contribution in [0.25, 0.3) is 10.9 Å². The van der Waals surface area contributed by atoms with E-state index in [0.717, 1.165) is 21.5 Å². The zero-order valence-electron chi connectivity index (χ0n) is 7.01. The monoisotopic (exact) mass is 211 g/mol.